The average Bonchev–Trinajstić information content (AvgIpc) is 3.82. The van der Waals surface area contributed by atoms with E-state index in [2.05, 4.69) is 15.4 Å². The third-order valence-corrected chi connectivity index (χ3v) is 10.1. The van der Waals surface area contributed by atoms with Crippen LogP contribution in [0.2, 0.25) is 0 Å². The maximum absolute atomic E-state index is 15.3. The summed E-state index contributed by atoms with van der Waals surface area (Å²) in [5.41, 5.74) is 6.62. The lowest BCUT2D eigenvalue weighted by Crippen LogP contribution is -2.44. The summed E-state index contributed by atoms with van der Waals surface area (Å²) in [7, 11) is 0. The first-order valence-electron chi connectivity index (χ1n) is 16.3. The number of pyridine rings is 2. The lowest BCUT2D eigenvalue weighted by molar-refractivity contribution is -0.172. The molecule has 0 bridgehead atoms. The van der Waals surface area contributed by atoms with Gasteiger partial charge in [0.25, 0.3) is 11.5 Å². The van der Waals surface area contributed by atoms with Crippen LogP contribution in [0.1, 0.15) is 78.5 Å². The number of nitrogens with two attached hydrogens (primary N) is 1. The number of halogens is 1. The van der Waals surface area contributed by atoms with Crippen LogP contribution < -0.4 is 21.9 Å². The third kappa shape index (κ3) is 5.60. The molecular formula is C34H36FN5O9. The smallest absolute Gasteiger partial charge is 0.405 e. The topological polar surface area (TPSA) is 201 Å². The minimum absolute atomic E-state index is 0.0120. The molecule has 0 saturated heterocycles. The molecule has 3 aromatic rings. The van der Waals surface area contributed by atoms with E-state index < -0.39 is 59.6 Å². The molecular weight excluding hydrogens is 641 g/mol. The number of aromatic nitrogens is 2. The summed E-state index contributed by atoms with van der Waals surface area (Å²) in [5, 5.41) is 17.6. The van der Waals surface area contributed by atoms with Gasteiger partial charge in [0, 0.05) is 22.6 Å². The predicted molar refractivity (Wildman–Crippen MR) is 169 cm³/mol. The number of aliphatic hydroxyl groups is 1. The number of carbonyl (C=O) groups excluding carboxylic acids is 4. The van der Waals surface area contributed by atoms with Crippen molar-refractivity contribution < 1.29 is 42.9 Å². The molecule has 4 aliphatic rings. The van der Waals surface area contributed by atoms with Gasteiger partial charge in [0.2, 0.25) is 5.91 Å². The minimum atomic E-state index is -2.01. The van der Waals surface area contributed by atoms with Crippen molar-refractivity contribution in [2.45, 2.75) is 83.3 Å². The highest BCUT2D eigenvalue weighted by Gasteiger charge is 2.46. The maximum atomic E-state index is 15.3. The molecule has 0 radical (unpaired) electrons. The van der Waals surface area contributed by atoms with Crippen molar-refractivity contribution in [3.8, 4) is 11.4 Å². The summed E-state index contributed by atoms with van der Waals surface area (Å²) >= 11 is 0. The zero-order valence-corrected chi connectivity index (χ0v) is 27.0. The Morgan fingerprint density at radius 1 is 1.20 bits per heavy atom. The standard InChI is InChI=1S/C34H36FN5O9/c1-3-34(46)20-9-24-29-18(11-40(24)31(43)19(20)12-47-32(34)44)28-22(7-6-17-15(2)21(35)10-23(38-29)27(17)28)39-30(42)25(8-16-4-5-16)49-14-37-26(41)13-48-33(36)45/h9-10,16,22,25,46H,3-8,11-14H2,1-2H3,(H2,36,45)(H,37,41)(H,39,42)/t22-,25?,34-/m0/s1. The molecule has 2 aliphatic carbocycles. The number of amides is 3. The van der Waals surface area contributed by atoms with Crippen molar-refractivity contribution in [3.63, 3.8) is 0 Å². The highest BCUT2D eigenvalue weighted by molar-refractivity contribution is 5.94. The Balaban J connectivity index is 1.26. The van der Waals surface area contributed by atoms with Gasteiger partial charge >= 0.3 is 12.1 Å². The Hall–Kier alpha value is -4.89. The number of fused-ring (bicyclic) bond motifs is 5. The van der Waals surface area contributed by atoms with Crippen LogP contribution in [0.5, 0.6) is 0 Å². The van der Waals surface area contributed by atoms with Gasteiger partial charge in [0.15, 0.2) is 12.2 Å². The molecule has 3 amide bonds. The molecule has 2 aliphatic heterocycles. The molecule has 49 heavy (non-hydrogen) atoms. The van der Waals surface area contributed by atoms with E-state index >= 15 is 4.39 Å². The number of benzene rings is 1. The van der Waals surface area contributed by atoms with E-state index in [0.717, 1.165) is 24.0 Å². The van der Waals surface area contributed by atoms with Gasteiger partial charge < -0.3 is 40.3 Å². The summed E-state index contributed by atoms with van der Waals surface area (Å²) in [6, 6.07) is 2.40. The summed E-state index contributed by atoms with van der Waals surface area (Å²) in [6.45, 7) is 2.28. The van der Waals surface area contributed by atoms with Crippen molar-refractivity contribution in [2.24, 2.45) is 11.7 Å². The number of carbonyl (C=O) groups is 4. The van der Waals surface area contributed by atoms with Crippen molar-refractivity contribution >= 4 is 34.8 Å². The molecule has 14 nitrogen and oxygen atoms in total. The van der Waals surface area contributed by atoms with E-state index in [1.54, 1.807) is 19.9 Å². The van der Waals surface area contributed by atoms with E-state index in [1.807, 2.05) is 0 Å². The van der Waals surface area contributed by atoms with Gasteiger partial charge in [0.1, 0.15) is 25.3 Å². The van der Waals surface area contributed by atoms with Crippen LogP contribution in [-0.4, -0.2) is 58.0 Å². The predicted octanol–water partition coefficient (Wildman–Crippen LogP) is 1.98. The molecule has 2 aromatic heterocycles. The van der Waals surface area contributed by atoms with Gasteiger partial charge in [-0.15, -0.1) is 0 Å². The fourth-order valence-electron chi connectivity index (χ4n) is 7.28. The van der Waals surface area contributed by atoms with Crippen LogP contribution in [0.25, 0.3) is 22.3 Å². The molecule has 1 unspecified atom stereocenters. The second-order valence-corrected chi connectivity index (χ2v) is 13.1. The number of nitrogens with one attached hydrogen (secondary N) is 2. The third-order valence-electron chi connectivity index (χ3n) is 10.1. The number of nitrogens with zero attached hydrogens (tertiary/aromatic N) is 2. The lowest BCUT2D eigenvalue weighted by atomic mass is 9.81. The van der Waals surface area contributed by atoms with Crippen molar-refractivity contribution in [2.75, 3.05) is 13.3 Å². The van der Waals surface area contributed by atoms with Gasteiger partial charge in [-0.1, -0.05) is 19.8 Å². The van der Waals surface area contributed by atoms with Crippen molar-refractivity contribution in [1.82, 2.24) is 20.2 Å². The van der Waals surface area contributed by atoms with Crippen molar-refractivity contribution in [1.29, 1.82) is 0 Å². The fourth-order valence-corrected chi connectivity index (χ4v) is 7.28. The van der Waals surface area contributed by atoms with E-state index in [0.29, 0.717) is 58.6 Å². The molecule has 258 valence electrons. The zero-order chi connectivity index (χ0) is 34.8. The van der Waals surface area contributed by atoms with E-state index in [4.69, 9.17) is 20.2 Å². The number of hydrogen-bond donors (Lipinski definition) is 4. The number of rotatable bonds is 10. The SMILES string of the molecule is CC[C@@]1(O)C(=O)OCc2c1cc1n(c2=O)Cc2c-1nc1cc(F)c(C)c3c1c2[C@@H](NC(=O)C(CC1CC1)OCNC(=O)COC(N)=O)CC3. The molecule has 15 heteroatoms. The lowest BCUT2D eigenvalue weighted by Gasteiger charge is -2.31. The average molecular weight is 678 g/mol. The van der Waals surface area contributed by atoms with Gasteiger partial charge in [-0.05, 0) is 61.3 Å². The van der Waals surface area contributed by atoms with Gasteiger partial charge in [-0.3, -0.25) is 14.4 Å². The number of hydrogen-bond acceptors (Lipinski definition) is 10. The highest BCUT2D eigenvalue weighted by Crippen LogP contribution is 2.46. The Labute approximate surface area is 279 Å². The fraction of sp³-hybridized carbons (Fsp3) is 0.471. The summed E-state index contributed by atoms with van der Waals surface area (Å²) in [4.78, 5) is 68.0. The van der Waals surface area contributed by atoms with Crippen LogP contribution in [0, 0.1) is 18.7 Å². The van der Waals surface area contributed by atoms with Crippen LogP contribution in [0.15, 0.2) is 16.9 Å². The van der Waals surface area contributed by atoms with Crippen molar-refractivity contribution in [3.05, 3.63) is 61.7 Å². The van der Waals surface area contributed by atoms with E-state index in [1.165, 1.54) is 10.6 Å². The number of cyclic esters (lactones) is 1. The maximum Gasteiger partial charge on any atom is 0.405 e. The second-order valence-electron chi connectivity index (χ2n) is 13.1. The van der Waals surface area contributed by atoms with Crippen LogP contribution in [-0.2, 0) is 53.8 Å². The molecule has 5 N–H and O–H groups in total. The number of esters is 1. The molecule has 3 atom stereocenters. The number of aryl methyl sites for hydroxylation is 1. The zero-order valence-electron chi connectivity index (χ0n) is 27.0. The Morgan fingerprint density at radius 2 is 1.98 bits per heavy atom. The Kier molecular flexibility index (Phi) is 8.14. The van der Waals surface area contributed by atoms with Gasteiger partial charge in [-0.2, -0.15) is 0 Å². The second kappa shape index (κ2) is 12.2. The molecule has 1 fully saturated rings. The first-order chi connectivity index (χ1) is 23.4. The number of primary amides is 1. The molecule has 0 spiro atoms. The molecule has 1 saturated carbocycles. The Bertz CT molecular complexity index is 2010. The highest BCUT2D eigenvalue weighted by atomic mass is 19.1. The van der Waals surface area contributed by atoms with Crippen LogP contribution in [0.4, 0.5) is 9.18 Å². The monoisotopic (exact) mass is 677 g/mol. The molecule has 1 aromatic carbocycles. The largest absolute Gasteiger partial charge is 0.458 e. The normalized spacial score (nSPS) is 20.9. The number of ether oxygens (including phenoxy) is 3. The van der Waals surface area contributed by atoms with E-state index in [9.17, 15) is 29.1 Å². The van der Waals surface area contributed by atoms with Gasteiger partial charge in [-0.25, -0.2) is 19.0 Å². The van der Waals surface area contributed by atoms with Gasteiger partial charge in [0.05, 0.1) is 35.1 Å². The summed E-state index contributed by atoms with van der Waals surface area (Å²) < 4.78 is 32.3. The van der Waals surface area contributed by atoms with E-state index in [-0.39, 0.29) is 37.4 Å². The molecule has 4 heterocycles. The first-order valence-corrected chi connectivity index (χ1v) is 16.3. The summed E-state index contributed by atoms with van der Waals surface area (Å²) in [6.07, 6.45) is 1.23. The molecule has 7 rings (SSSR count). The first kappa shape index (κ1) is 32.6. The Morgan fingerprint density at radius 3 is 2.69 bits per heavy atom. The summed E-state index contributed by atoms with van der Waals surface area (Å²) in [5.74, 6) is -2.00. The van der Waals surface area contributed by atoms with Crippen LogP contribution in [0.3, 0.4) is 0 Å². The minimum Gasteiger partial charge on any atom is -0.458 e. The quantitative estimate of drug-likeness (QED) is 0.142. The van der Waals surface area contributed by atoms with Crippen LogP contribution >= 0.6 is 0 Å².